The van der Waals surface area contributed by atoms with E-state index >= 15 is 0 Å². The number of aromatic nitrogens is 2. The summed E-state index contributed by atoms with van der Waals surface area (Å²) in [6.07, 6.45) is 7.41. The van der Waals surface area contributed by atoms with Gasteiger partial charge in [0.15, 0.2) is 0 Å². The molecule has 0 saturated heterocycles. The van der Waals surface area contributed by atoms with Gasteiger partial charge < -0.3 is 10.3 Å². The molecule has 21 heavy (non-hydrogen) atoms. The average Bonchev–Trinajstić information content (AvgIpc) is 2.97. The quantitative estimate of drug-likeness (QED) is 0.891. The number of hydrogen-bond donors (Lipinski definition) is 2. The number of thioether (sulfide) groups is 1. The fourth-order valence-electron chi connectivity index (χ4n) is 3.10. The van der Waals surface area contributed by atoms with Gasteiger partial charge in [0, 0.05) is 11.3 Å². The van der Waals surface area contributed by atoms with E-state index in [9.17, 15) is 4.79 Å². The largest absolute Gasteiger partial charge is 0.309 e. The number of rotatable bonds is 5. The van der Waals surface area contributed by atoms with Crippen molar-refractivity contribution < 1.29 is 0 Å². The lowest BCUT2D eigenvalue weighted by Crippen LogP contribution is -2.35. The highest BCUT2D eigenvalue weighted by Gasteiger charge is 2.32. The van der Waals surface area contributed by atoms with E-state index in [1.165, 1.54) is 25.7 Å². The second kappa shape index (κ2) is 6.20. The van der Waals surface area contributed by atoms with E-state index in [4.69, 9.17) is 0 Å². The Morgan fingerprint density at radius 1 is 1.33 bits per heavy atom. The van der Waals surface area contributed by atoms with Crippen LogP contribution in [0.15, 0.2) is 29.1 Å². The summed E-state index contributed by atoms with van der Waals surface area (Å²) in [6, 6.07) is 7.46. The van der Waals surface area contributed by atoms with Crippen molar-refractivity contribution in [3.63, 3.8) is 0 Å². The van der Waals surface area contributed by atoms with E-state index in [1.807, 2.05) is 30.0 Å². The van der Waals surface area contributed by atoms with E-state index in [0.29, 0.717) is 22.5 Å². The number of hydrogen-bond acceptors (Lipinski definition) is 4. The van der Waals surface area contributed by atoms with Crippen molar-refractivity contribution in [3.05, 3.63) is 40.4 Å². The van der Waals surface area contributed by atoms with Gasteiger partial charge in [0.1, 0.15) is 5.82 Å². The summed E-state index contributed by atoms with van der Waals surface area (Å²) in [7, 11) is 0. The first-order chi connectivity index (χ1) is 10.2. The molecule has 1 aliphatic rings. The standard InChI is InChI=1S/C16H21N3OS/c1-21-16(8-4-5-9-16)11-17-10-14-18-13-7-3-2-6-12(13)15(20)19-14/h2-3,6-7,17H,4-5,8-11H2,1H3,(H,18,19,20). The van der Waals surface area contributed by atoms with E-state index in [2.05, 4.69) is 21.5 Å². The highest BCUT2D eigenvalue weighted by molar-refractivity contribution is 8.00. The molecule has 112 valence electrons. The lowest BCUT2D eigenvalue weighted by atomic mass is 10.1. The molecular formula is C16H21N3OS. The Morgan fingerprint density at radius 2 is 2.10 bits per heavy atom. The van der Waals surface area contributed by atoms with Crippen molar-refractivity contribution in [1.29, 1.82) is 0 Å². The second-order valence-corrected chi connectivity index (χ2v) is 7.00. The number of para-hydroxylation sites is 1. The molecular weight excluding hydrogens is 282 g/mol. The molecule has 2 aromatic rings. The first-order valence-corrected chi connectivity index (χ1v) is 8.69. The molecule has 4 nitrogen and oxygen atoms in total. The van der Waals surface area contributed by atoms with Crippen molar-refractivity contribution in [3.8, 4) is 0 Å². The first-order valence-electron chi connectivity index (χ1n) is 7.46. The van der Waals surface area contributed by atoms with E-state index in [1.54, 1.807) is 6.07 Å². The summed E-state index contributed by atoms with van der Waals surface area (Å²) in [5, 5.41) is 4.12. The third-order valence-corrected chi connectivity index (χ3v) is 5.77. The zero-order chi connectivity index (χ0) is 14.7. The first kappa shape index (κ1) is 14.6. The Hall–Kier alpha value is -1.33. The van der Waals surface area contributed by atoms with Crippen molar-refractivity contribution in [2.75, 3.05) is 12.8 Å². The molecule has 2 N–H and O–H groups in total. The minimum atomic E-state index is -0.0575. The zero-order valence-electron chi connectivity index (χ0n) is 12.3. The van der Waals surface area contributed by atoms with Crippen molar-refractivity contribution >= 4 is 22.7 Å². The third kappa shape index (κ3) is 3.14. The van der Waals surface area contributed by atoms with Crippen LogP contribution in [0.2, 0.25) is 0 Å². The van der Waals surface area contributed by atoms with Gasteiger partial charge in [0.05, 0.1) is 17.4 Å². The molecule has 1 fully saturated rings. The van der Waals surface area contributed by atoms with Crippen molar-refractivity contribution in [1.82, 2.24) is 15.3 Å². The minimum absolute atomic E-state index is 0.0575. The SMILES string of the molecule is CSC1(CNCc2nc3ccccc3c(=O)[nH]2)CCCC1. The van der Waals surface area contributed by atoms with Gasteiger partial charge in [-0.15, -0.1) is 0 Å². The number of nitrogens with one attached hydrogen (secondary N) is 2. The molecule has 0 unspecified atom stereocenters. The minimum Gasteiger partial charge on any atom is -0.309 e. The number of fused-ring (bicyclic) bond motifs is 1. The maximum Gasteiger partial charge on any atom is 0.258 e. The third-order valence-electron chi connectivity index (χ3n) is 4.35. The van der Waals surface area contributed by atoms with Gasteiger partial charge >= 0.3 is 0 Å². The van der Waals surface area contributed by atoms with Crippen LogP contribution in [0, 0.1) is 0 Å². The Balaban J connectivity index is 1.69. The van der Waals surface area contributed by atoms with Gasteiger partial charge in [-0.1, -0.05) is 25.0 Å². The monoisotopic (exact) mass is 303 g/mol. The van der Waals surface area contributed by atoms with Gasteiger partial charge in [0.25, 0.3) is 5.56 Å². The Bertz CT molecular complexity index is 677. The lowest BCUT2D eigenvalue weighted by Gasteiger charge is -2.26. The number of H-pyrrole nitrogens is 1. The van der Waals surface area contributed by atoms with Crippen LogP contribution in [-0.2, 0) is 6.54 Å². The molecule has 1 aliphatic carbocycles. The Kier molecular flexibility index (Phi) is 4.31. The van der Waals surface area contributed by atoms with Crippen LogP contribution >= 0.6 is 11.8 Å². The normalized spacial score (nSPS) is 17.4. The molecule has 0 amide bonds. The van der Waals surface area contributed by atoms with Gasteiger partial charge in [0.2, 0.25) is 0 Å². The van der Waals surface area contributed by atoms with Gasteiger partial charge in [-0.25, -0.2) is 4.98 Å². The molecule has 1 heterocycles. The summed E-state index contributed by atoms with van der Waals surface area (Å²) >= 11 is 1.97. The summed E-state index contributed by atoms with van der Waals surface area (Å²) in [4.78, 5) is 19.4. The highest BCUT2D eigenvalue weighted by atomic mass is 32.2. The fourth-order valence-corrected chi connectivity index (χ4v) is 4.04. The highest BCUT2D eigenvalue weighted by Crippen LogP contribution is 2.39. The van der Waals surface area contributed by atoms with Gasteiger partial charge in [-0.05, 0) is 31.2 Å². The van der Waals surface area contributed by atoms with E-state index in [-0.39, 0.29) is 5.56 Å². The molecule has 0 aliphatic heterocycles. The summed E-state index contributed by atoms with van der Waals surface area (Å²) in [6.45, 7) is 1.59. The Morgan fingerprint density at radius 3 is 2.86 bits per heavy atom. The predicted molar refractivity (Wildman–Crippen MR) is 88.8 cm³/mol. The van der Waals surface area contributed by atoms with Gasteiger partial charge in [-0.2, -0.15) is 11.8 Å². The van der Waals surface area contributed by atoms with Crippen LogP contribution < -0.4 is 10.9 Å². The van der Waals surface area contributed by atoms with Crippen LogP contribution in [0.25, 0.3) is 10.9 Å². The molecule has 1 aromatic carbocycles. The smallest absolute Gasteiger partial charge is 0.258 e. The van der Waals surface area contributed by atoms with Crippen LogP contribution in [-0.4, -0.2) is 27.5 Å². The molecule has 0 atom stereocenters. The number of aromatic amines is 1. The zero-order valence-corrected chi connectivity index (χ0v) is 13.1. The molecule has 0 spiro atoms. The topological polar surface area (TPSA) is 57.8 Å². The van der Waals surface area contributed by atoms with Crippen molar-refractivity contribution in [2.24, 2.45) is 0 Å². The van der Waals surface area contributed by atoms with Crippen molar-refractivity contribution in [2.45, 2.75) is 37.0 Å². The fraction of sp³-hybridized carbons (Fsp3) is 0.500. The van der Waals surface area contributed by atoms with Crippen LogP contribution in [0.4, 0.5) is 0 Å². The predicted octanol–water partition coefficient (Wildman–Crippen LogP) is 2.69. The van der Waals surface area contributed by atoms with Gasteiger partial charge in [-0.3, -0.25) is 4.79 Å². The molecule has 1 aromatic heterocycles. The maximum atomic E-state index is 12.0. The maximum absolute atomic E-state index is 12.0. The molecule has 3 rings (SSSR count). The summed E-state index contributed by atoms with van der Waals surface area (Å²) < 4.78 is 0.372. The lowest BCUT2D eigenvalue weighted by molar-refractivity contribution is 0.526. The van der Waals surface area contributed by atoms with Crippen LogP contribution in [0.3, 0.4) is 0 Å². The van der Waals surface area contributed by atoms with E-state index < -0.39 is 0 Å². The Labute approximate surface area is 128 Å². The number of benzene rings is 1. The molecule has 5 heteroatoms. The van der Waals surface area contributed by atoms with E-state index in [0.717, 1.165) is 12.1 Å². The molecule has 1 saturated carbocycles. The van der Waals surface area contributed by atoms with Crippen LogP contribution in [0.5, 0.6) is 0 Å². The second-order valence-electron chi connectivity index (χ2n) is 5.73. The summed E-state index contributed by atoms with van der Waals surface area (Å²) in [5.41, 5.74) is 0.705. The molecule has 0 radical (unpaired) electrons. The number of nitrogens with zero attached hydrogens (tertiary/aromatic N) is 1. The van der Waals surface area contributed by atoms with Crippen LogP contribution in [0.1, 0.15) is 31.5 Å². The average molecular weight is 303 g/mol. The summed E-state index contributed by atoms with van der Waals surface area (Å²) in [5.74, 6) is 0.716. The molecule has 0 bridgehead atoms.